The fraction of sp³-hybridized carbons (Fsp3) is 0.533. The Bertz CT molecular complexity index is 413. The van der Waals surface area contributed by atoms with Crippen LogP contribution in [0.2, 0.25) is 0 Å². The number of aryl methyl sites for hydroxylation is 3. The van der Waals surface area contributed by atoms with Gasteiger partial charge in [-0.2, -0.15) is 0 Å². The zero-order valence-corrected chi connectivity index (χ0v) is 13.3. The number of carbonyl (C=O) groups is 1. The molecule has 0 saturated carbocycles. The standard InChI is InChI=1S/C15H24N2O2.ClH/c1-11-8-12(2)15(13(3)9-11)19-10-14(18)17-7-5-4-6-16;/h8-9H,4-7,10,16H2,1-3H3,(H,17,18);1H. The Kier molecular flexibility index (Phi) is 9.01. The molecule has 5 heteroatoms. The van der Waals surface area contributed by atoms with Crippen molar-refractivity contribution in [2.75, 3.05) is 19.7 Å². The lowest BCUT2D eigenvalue weighted by Gasteiger charge is -2.13. The molecule has 0 heterocycles. The molecule has 1 amide bonds. The topological polar surface area (TPSA) is 64.3 Å². The molecule has 0 saturated heterocycles. The highest BCUT2D eigenvalue weighted by Crippen LogP contribution is 2.24. The third kappa shape index (κ3) is 6.26. The molecule has 0 aliphatic carbocycles. The molecule has 1 aromatic rings. The van der Waals surface area contributed by atoms with E-state index in [1.165, 1.54) is 5.56 Å². The minimum Gasteiger partial charge on any atom is -0.483 e. The van der Waals surface area contributed by atoms with Crippen LogP contribution < -0.4 is 15.8 Å². The molecule has 0 radical (unpaired) electrons. The molecular formula is C15H25ClN2O2. The molecule has 0 bridgehead atoms. The van der Waals surface area contributed by atoms with Crippen molar-refractivity contribution in [1.82, 2.24) is 5.32 Å². The number of hydrogen-bond acceptors (Lipinski definition) is 3. The fourth-order valence-electron chi connectivity index (χ4n) is 2.08. The molecule has 0 unspecified atom stereocenters. The van der Waals surface area contributed by atoms with E-state index in [0.717, 1.165) is 29.7 Å². The first kappa shape index (κ1) is 18.7. The van der Waals surface area contributed by atoms with Gasteiger partial charge in [0.1, 0.15) is 5.75 Å². The molecule has 0 aliphatic rings. The van der Waals surface area contributed by atoms with Crippen LogP contribution in [0.15, 0.2) is 12.1 Å². The van der Waals surface area contributed by atoms with Gasteiger partial charge in [-0.1, -0.05) is 17.7 Å². The highest BCUT2D eigenvalue weighted by atomic mass is 35.5. The summed E-state index contributed by atoms with van der Waals surface area (Å²) in [5.74, 6) is 0.721. The first-order valence-corrected chi connectivity index (χ1v) is 6.72. The number of carbonyl (C=O) groups excluding carboxylic acids is 1. The number of benzene rings is 1. The Morgan fingerprint density at radius 3 is 2.35 bits per heavy atom. The van der Waals surface area contributed by atoms with Gasteiger partial charge >= 0.3 is 0 Å². The first-order chi connectivity index (χ1) is 9.04. The van der Waals surface area contributed by atoms with Crippen LogP contribution >= 0.6 is 12.4 Å². The van der Waals surface area contributed by atoms with Gasteiger partial charge in [0.2, 0.25) is 0 Å². The Morgan fingerprint density at radius 2 is 1.80 bits per heavy atom. The van der Waals surface area contributed by atoms with Gasteiger partial charge in [0.25, 0.3) is 5.91 Å². The van der Waals surface area contributed by atoms with Crippen molar-refractivity contribution < 1.29 is 9.53 Å². The van der Waals surface area contributed by atoms with Crippen molar-refractivity contribution in [3.63, 3.8) is 0 Å². The maximum absolute atomic E-state index is 11.6. The lowest BCUT2D eigenvalue weighted by Crippen LogP contribution is -2.30. The average molecular weight is 301 g/mol. The summed E-state index contributed by atoms with van der Waals surface area (Å²) in [6.07, 6.45) is 1.84. The molecule has 0 spiro atoms. The van der Waals surface area contributed by atoms with E-state index < -0.39 is 0 Å². The lowest BCUT2D eigenvalue weighted by atomic mass is 10.1. The molecule has 0 aromatic heterocycles. The van der Waals surface area contributed by atoms with E-state index in [9.17, 15) is 4.79 Å². The van der Waals surface area contributed by atoms with Gasteiger partial charge in [-0.15, -0.1) is 12.4 Å². The SMILES string of the molecule is Cc1cc(C)c(OCC(=O)NCCCCN)c(C)c1.Cl. The molecule has 114 valence electrons. The Labute approximate surface area is 127 Å². The number of amides is 1. The summed E-state index contributed by atoms with van der Waals surface area (Å²) in [4.78, 5) is 11.6. The largest absolute Gasteiger partial charge is 0.483 e. The molecule has 1 aromatic carbocycles. The Balaban J connectivity index is 0.00000361. The molecule has 0 fully saturated rings. The van der Waals surface area contributed by atoms with Gasteiger partial charge in [0, 0.05) is 6.54 Å². The van der Waals surface area contributed by atoms with Crippen molar-refractivity contribution >= 4 is 18.3 Å². The minimum atomic E-state index is -0.0867. The minimum absolute atomic E-state index is 0. The Hall–Kier alpha value is -1.26. The second-order valence-corrected chi connectivity index (χ2v) is 4.86. The van der Waals surface area contributed by atoms with Crippen molar-refractivity contribution in [2.45, 2.75) is 33.6 Å². The van der Waals surface area contributed by atoms with Crippen LogP contribution in [0.5, 0.6) is 5.75 Å². The number of nitrogens with two attached hydrogens (primary N) is 1. The van der Waals surface area contributed by atoms with Gasteiger partial charge in [-0.05, 0) is 51.3 Å². The second kappa shape index (κ2) is 9.61. The van der Waals surface area contributed by atoms with E-state index in [1.54, 1.807) is 0 Å². The molecule has 3 N–H and O–H groups in total. The molecular weight excluding hydrogens is 276 g/mol. The zero-order valence-electron chi connectivity index (χ0n) is 12.5. The predicted molar refractivity (Wildman–Crippen MR) is 84.7 cm³/mol. The normalized spacial score (nSPS) is 9.80. The van der Waals surface area contributed by atoms with Crippen molar-refractivity contribution in [1.29, 1.82) is 0 Å². The van der Waals surface area contributed by atoms with E-state index in [2.05, 4.69) is 17.4 Å². The van der Waals surface area contributed by atoms with Gasteiger partial charge in [0.15, 0.2) is 6.61 Å². The van der Waals surface area contributed by atoms with Crippen LogP contribution in [-0.2, 0) is 4.79 Å². The van der Waals surface area contributed by atoms with E-state index in [0.29, 0.717) is 13.1 Å². The van der Waals surface area contributed by atoms with E-state index in [1.807, 2.05) is 20.8 Å². The maximum atomic E-state index is 11.6. The molecule has 0 atom stereocenters. The number of rotatable bonds is 7. The van der Waals surface area contributed by atoms with Crippen molar-refractivity contribution in [3.05, 3.63) is 28.8 Å². The molecule has 0 aliphatic heterocycles. The summed E-state index contributed by atoms with van der Waals surface area (Å²) in [5.41, 5.74) is 8.72. The second-order valence-electron chi connectivity index (χ2n) is 4.86. The van der Waals surface area contributed by atoms with Crippen LogP contribution in [0, 0.1) is 20.8 Å². The summed E-state index contributed by atoms with van der Waals surface area (Å²) < 4.78 is 5.60. The molecule has 4 nitrogen and oxygen atoms in total. The van der Waals surface area contributed by atoms with Crippen molar-refractivity contribution in [3.8, 4) is 5.75 Å². The third-order valence-corrected chi connectivity index (χ3v) is 2.91. The maximum Gasteiger partial charge on any atom is 0.257 e. The van der Waals surface area contributed by atoms with E-state index in [4.69, 9.17) is 10.5 Å². The number of halogens is 1. The molecule has 1 rings (SSSR count). The monoisotopic (exact) mass is 300 g/mol. The van der Waals surface area contributed by atoms with Crippen LogP contribution in [0.25, 0.3) is 0 Å². The summed E-state index contributed by atoms with van der Waals surface area (Å²) >= 11 is 0. The predicted octanol–water partition coefficient (Wildman–Crippen LogP) is 2.27. The Morgan fingerprint density at radius 1 is 1.20 bits per heavy atom. The summed E-state index contributed by atoms with van der Waals surface area (Å²) in [6, 6.07) is 4.11. The number of nitrogens with one attached hydrogen (secondary N) is 1. The number of ether oxygens (including phenoxy) is 1. The summed E-state index contributed by atoms with van der Waals surface area (Å²) in [6.45, 7) is 7.42. The van der Waals surface area contributed by atoms with Crippen LogP contribution in [0.4, 0.5) is 0 Å². The van der Waals surface area contributed by atoms with Crippen LogP contribution in [-0.4, -0.2) is 25.6 Å². The van der Waals surface area contributed by atoms with Crippen LogP contribution in [0.1, 0.15) is 29.5 Å². The first-order valence-electron chi connectivity index (χ1n) is 6.72. The average Bonchev–Trinajstić information content (AvgIpc) is 2.33. The fourth-order valence-corrected chi connectivity index (χ4v) is 2.08. The van der Waals surface area contributed by atoms with Crippen molar-refractivity contribution in [2.24, 2.45) is 5.73 Å². The molecule has 20 heavy (non-hydrogen) atoms. The third-order valence-electron chi connectivity index (χ3n) is 2.91. The van der Waals surface area contributed by atoms with Crippen LogP contribution in [0.3, 0.4) is 0 Å². The van der Waals surface area contributed by atoms with Gasteiger partial charge in [-0.25, -0.2) is 0 Å². The number of unbranched alkanes of at least 4 members (excludes halogenated alkanes) is 1. The zero-order chi connectivity index (χ0) is 14.3. The van der Waals surface area contributed by atoms with Gasteiger partial charge < -0.3 is 15.8 Å². The number of hydrogen-bond donors (Lipinski definition) is 2. The van der Waals surface area contributed by atoms with Gasteiger partial charge in [0.05, 0.1) is 0 Å². The summed E-state index contributed by atoms with van der Waals surface area (Å²) in [5, 5.41) is 2.82. The highest BCUT2D eigenvalue weighted by Gasteiger charge is 2.07. The summed E-state index contributed by atoms with van der Waals surface area (Å²) in [7, 11) is 0. The quantitative estimate of drug-likeness (QED) is 0.759. The van der Waals surface area contributed by atoms with E-state index in [-0.39, 0.29) is 24.9 Å². The smallest absolute Gasteiger partial charge is 0.257 e. The van der Waals surface area contributed by atoms with E-state index >= 15 is 0 Å². The van der Waals surface area contributed by atoms with Gasteiger partial charge in [-0.3, -0.25) is 4.79 Å². The lowest BCUT2D eigenvalue weighted by molar-refractivity contribution is -0.123. The highest BCUT2D eigenvalue weighted by molar-refractivity contribution is 5.85.